The fourth-order valence-corrected chi connectivity index (χ4v) is 3.62. The van der Waals surface area contributed by atoms with Crippen molar-refractivity contribution in [2.24, 2.45) is 11.7 Å². The fraction of sp³-hybridized carbons (Fsp3) is 0.421. The number of nitriles is 1. The van der Waals surface area contributed by atoms with E-state index in [4.69, 9.17) is 28.0 Å². The Morgan fingerprint density at radius 2 is 2.32 bits per heavy atom. The number of anilines is 2. The molecule has 1 unspecified atom stereocenters. The number of ether oxygens (including phenoxy) is 1. The number of piperidine rings is 1. The second kappa shape index (κ2) is 8.44. The van der Waals surface area contributed by atoms with Crippen molar-refractivity contribution < 1.29 is 13.9 Å². The number of hydrogen-bond donors (Lipinski definition) is 2. The number of carbonyl (C=O) groups is 1. The van der Waals surface area contributed by atoms with E-state index in [1.54, 1.807) is 18.2 Å². The van der Waals surface area contributed by atoms with Gasteiger partial charge in [0, 0.05) is 19.2 Å². The minimum absolute atomic E-state index is 0.133. The Kier molecular flexibility index (Phi) is 5.99. The lowest BCUT2D eigenvalue weighted by Gasteiger charge is -2.34. The maximum atomic E-state index is 14.8. The number of thiocarbonyl (C=S) groups is 1. The average Bonchev–Trinajstić information content (AvgIpc) is 3.02. The van der Waals surface area contributed by atoms with Crippen molar-refractivity contribution in [2.75, 3.05) is 36.0 Å². The van der Waals surface area contributed by atoms with Crippen LogP contribution in [0.25, 0.3) is 0 Å². The maximum absolute atomic E-state index is 14.8. The molecular weight excluding hydrogens is 381 g/mol. The molecule has 28 heavy (non-hydrogen) atoms. The van der Waals surface area contributed by atoms with Crippen LogP contribution < -0.4 is 20.9 Å². The van der Waals surface area contributed by atoms with Crippen molar-refractivity contribution >= 4 is 34.8 Å². The highest BCUT2D eigenvalue weighted by Gasteiger charge is 2.33. The van der Waals surface area contributed by atoms with Crippen molar-refractivity contribution in [3.63, 3.8) is 0 Å². The van der Waals surface area contributed by atoms with Gasteiger partial charge in [0.25, 0.3) is 0 Å². The minimum atomic E-state index is -0.528. The average molecular weight is 403 g/mol. The van der Waals surface area contributed by atoms with Gasteiger partial charge in [-0.2, -0.15) is 5.26 Å². The van der Waals surface area contributed by atoms with Gasteiger partial charge in [-0.3, -0.25) is 4.90 Å². The van der Waals surface area contributed by atoms with Gasteiger partial charge < -0.3 is 20.7 Å². The number of benzene rings is 1. The molecule has 0 bridgehead atoms. The van der Waals surface area contributed by atoms with Crippen molar-refractivity contribution in [3.8, 4) is 6.07 Å². The lowest BCUT2D eigenvalue weighted by Crippen LogP contribution is -2.37. The zero-order chi connectivity index (χ0) is 20.3. The van der Waals surface area contributed by atoms with Gasteiger partial charge in [-0.05, 0) is 42.8 Å². The van der Waals surface area contributed by atoms with Crippen LogP contribution in [0.2, 0.25) is 0 Å². The zero-order valence-electron chi connectivity index (χ0n) is 15.5. The van der Waals surface area contributed by atoms with Crippen molar-refractivity contribution in [1.29, 1.82) is 5.26 Å². The molecule has 7 nitrogen and oxygen atoms in total. The SMILES string of the molecule is CC1CN(c2ccc(N3C[C@H](CNC(N)=S)OC3=O)cc2F)CCC1=CC#N. The van der Waals surface area contributed by atoms with Crippen LogP contribution in [-0.4, -0.2) is 43.5 Å². The first kappa shape index (κ1) is 19.9. The molecule has 1 amide bonds. The Morgan fingerprint density at radius 1 is 1.54 bits per heavy atom. The molecule has 2 aliphatic heterocycles. The summed E-state index contributed by atoms with van der Waals surface area (Å²) in [5, 5.41) is 11.7. The molecule has 2 heterocycles. The standard InChI is InChI=1S/C19H22FN5O2S/c1-12-10-24(7-5-13(12)4-6-21)17-3-2-14(8-16(17)20)25-11-15(27-19(25)26)9-23-18(22)28/h2-4,8,12,15H,5,7,9-11H2,1H3,(H3,22,23,28)/t12?,15-/m0/s1. The zero-order valence-corrected chi connectivity index (χ0v) is 16.3. The summed E-state index contributed by atoms with van der Waals surface area (Å²) in [4.78, 5) is 15.5. The van der Waals surface area contributed by atoms with E-state index < -0.39 is 18.0 Å². The van der Waals surface area contributed by atoms with Gasteiger partial charge in [0.1, 0.15) is 11.9 Å². The van der Waals surface area contributed by atoms with Gasteiger partial charge in [-0.15, -0.1) is 0 Å². The predicted octanol–water partition coefficient (Wildman–Crippen LogP) is 2.28. The smallest absolute Gasteiger partial charge is 0.414 e. The summed E-state index contributed by atoms with van der Waals surface area (Å²) in [6.45, 7) is 3.91. The van der Waals surface area contributed by atoms with E-state index >= 15 is 0 Å². The highest BCUT2D eigenvalue weighted by atomic mass is 32.1. The molecule has 9 heteroatoms. The number of halogens is 1. The molecule has 3 N–H and O–H groups in total. The monoisotopic (exact) mass is 403 g/mol. The first-order valence-electron chi connectivity index (χ1n) is 9.03. The second-order valence-electron chi connectivity index (χ2n) is 6.94. The highest BCUT2D eigenvalue weighted by Crippen LogP contribution is 2.31. The number of amides is 1. The number of nitrogens with two attached hydrogens (primary N) is 1. The molecule has 2 aliphatic rings. The Balaban J connectivity index is 1.69. The first-order chi connectivity index (χ1) is 13.4. The van der Waals surface area contributed by atoms with Gasteiger partial charge in [0.2, 0.25) is 0 Å². The molecule has 2 fully saturated rings. The van der Waals surface area contributed by atoms with Gasteiger partial charge in [0.15, 0.2) is 5.11 Å². The first-order valence-corrected chi connectivity index (χ1v) is 9.44. The third-order valence-electron chi connectivity index (χ3n) is 5.01. The summed E-state index contributed by atoms with van der Waals surface area (Å²) < 4.78 is 20.1. The largest absolute Gasteiger partial charge is 0.442 e. The van der Waals surface area contributed by atoms with Gasteiger partial charge >= 0.3 is 6.09 Å². The van der Waals surface area contributed by atoms with Crippen molar-refractivity contribution in [3.05, 3.63) is 35.7 Å². The van der Waals surface area contributed by atoms with Crippen LogP contribution >= 0.6 is 12.2 Å². The van der Waals surface area contributed by atoms with Crippen LogP contribution in [0, 0.1) is 23.1 Å². The normalized spacial score (nSPS) is 23.5. The van der Waals surface area contributed by atoms with Crippen LogP contribution in [0.15, 0.2) is 29.8 Å². The number of cyclic esters (lactones) is 1. The van der Waals surface area contributed by atoms with E-state index in [9.17, 15) is 9.18 Å². The number of nitrogens with zero attached hydrogens (tertiary/aromatic N) is 3. The Morgan fingerprint density at radius 3 is 2.96 bits per heavy atom. The van der Waals surface area contributed by atoms with Crippen molar-refractivity contribution in [2.45, 2.75) is 19.4 Å². The molecule has 1 aromatic carbocycles. The molecular formula is C19H22FN5O2S. The highest BCUT2D eigenvalue weighted by molar-refractivity contribution is 7.80. The van der Waals surface area contributed by atoms with E-state index in [0.717, 1.165) is 12.0 Å². The van der Waals surface area contributed by atoms with Gasteiger partial charge in [-0.1, -0.05) is 12.5 Å². The van der Waals surface area contributed by atoms with E-state index in [1.807, 2.05) is 11.8 Å². The van der Waals surface area contributed by atoms with E-state index in [0.29, 0.717) is 31.0 Å². The van der Waals surface area contributed by atoms with E-state index in [2.05, 4.69) is 11.4 Å². The number of carbonyl (C=O) groups excluding carboxylic acids is 1. The van der Waals surface area contributed by atoms with Crippen LogP contribution in [-0.2, 0) is 4.74 Å². The lowest BCUT2D eigenvalue weighted by atomic mass is 9.92. The molecule has 0 aliphatic carbocycles. The third-order valence-corrected chi connectivity index (χ3v) is 5.15. The van der Waals surface area contributed by atoms with Gasteiger partial charge in [0.05, 0.1) is 30.5 Å². The summed E-state index contributed by atoms with van der Waals surface area (Å²) in [7, 11) is 0. The molecule has 3 rings (SSSR count). The summed E-state index contributed by atoms with van der Waals surface area (Å²) in [5.74, 6) is -0.210. The van der Waals surface area contributed by atoms with E-state index in [1.165, 1.54) is 11.0 Å². The number of hydrogen-bond acceptors (Lipinski definition) is 5. The minimum Gasteiger partial charge on any atom is -0.442 e. The summed E-state index contributed by atoms with van der Waals surface area (Å²) in [5.41, 5.74) is 7.41. The molecule has 0 radical (unpaired) electrons. The maximum Gasteiger partial charge on any atom is 0.414 e. The van der Waals surface area contributed by atoms with Crippen LogP contribution in [0.3, 0.4) is 0 Å². The number of nitrogens with one attached hydrogen (secondary N) is 1. The quantitative estimate of drug-likeness (QED) is 0.588. The molecule has 0 aromatic heterocycles. The summed E-state index contributed by atoms with van der Waals surface area (Å²) >= 11 is 4.75. The number of rotatable bonds is 4. The predicted molar refractivity (Wildman–Crippen MR) is 108 cm³/mol. The molecule has 1 aromatic rings. The molecule has 2 atom stereocenters. The van der Waals surface area contributed by atoms with E-state index in [-0.39, 0.29) is 17.6 Å². The Bertz CT molecular complexity index is 853. The third kappa shape index (κ3) is 4.34. The molecule has 0 spiro atoms. The van der Waals surface area contributed by atoms with Crippen molar-refractivity contribution in [1.82, 2.24) is 5.32 Å². The molecule has 0 saturated carbocycles. The Labute approximate surface area is 168 Å². The molecule has 2 saturated heterocycles. The lowest BCUT2D eigenvalue weighted by molar-refractivity contribution is 0.143. The van der Waals surface area contributed by atoms with Crippen LogP contribution in [0.5, 0.6) is 0 Å². The van der Waals surface area contributed by atoms with Gasteiger partial charge in [-0.25, -0.2) is 9.18 Å². The summed E-state index contributed by atoms with van der Waals surface area (Å²) in [6.07, 6.45) is 1.37. The van der Waals surface area contributed by atoms with Crippen LogP contribution in [0.4, 0.5) is 20.6 Å². The Hall–Kier alpha value is -2.86. The van der Waals surface area contributed by atoms with Crippen LogP contribution in [0.1, 0.15) is 13.3 Å². The second-order valence-corrected chi connectivity index (χ2v) is 7.38. The fourth-order valence-electron chi connectivity index (χ4n) is 3.54. The topological polar surface area (TPSA) is 94.6 Å². The number of allylic oxidation sites excluding steroid dienone is 1. The summed E-state index contributed by atoms with van der Waals surface area (Å²) in [6, 6.07) is 6.83. The molecule has 148 valence electrons.